The van der Waals surface area contributed by atoms with Gasteiger partial charge in [0.1, 0.15) is 18.1 Å². The van der Waals surface area contributed by atoms with Crippen molar-refractivity contribution in [3.8, 4) is 11.5 Å². The standard InChI is InChI=1S/C23H28N2O4.ClH/c1-27-22-7-3-2-6-20(22)21-15-24-12-13-25(21)23(26)17-8-10-18(11-9-17)29-16-19-5-4-14-28-19;/h2-3,6-11,19,21,24H,4-5,12-16H2,1H3;1H. The summed E-state index contributed by atoms with van der Waals surface area (Å²) in [4.78, 5) is 15.2. The molecular formula is C23H29ClN2O4. The van der Waals surface area contributed by atoms with E-state index in [9.17, 15) is 4.79 Å². The third-order valence-corrected chi connectivity index (χ3v) is 5.56. The Balaban J connectivity index is 0.00000256. The fraction of sp³-hybridized carbons (Fsp3) is 0.435. The summed E-state index contributed by atoms with van der Waals surface area (Å²) in [7, 11) is 1.66. The van der Waals surface area contributed by atoms with Gasteiger partial charge in [-0.05, 0) is 43.2 Å². The number of piperazine rings is 1. The van der Waals surface area contributed by atoms with E-state index in [4.69, 9.17) is 14.2 Å². The lowest BCUT2D eigenvalue weighted by atomic mass is 10.0. The number of rotatable bonds is 6. The van der Waals surface area contributed by atoms with Gasteiger partial charge < -0.3 is 24.4 Å². The summed E-state index contributed by atoms with van der Waals surface area (Å²) in [5.41, 5.74) is 1.68. The van der Waals surface area contributed by atoms with Gasteiger partial charge in [0.05, 0.1) is 19.3 Å². The zero-order chi connectivity index (χ0) is 20.1. The number of halogens is 1. The van der Waals surface area contributed by atoms with E-state index >= 15 is 0 Å². The monoisotopic (exact) mass is 432 g/mol. The zero-order valence-corrected chi connectivity index (χ0v) is 18.0. The average molecular weight is 433 g/mol. The minimum absolute atomic E-state index is 0. The van der Waals surface area contributed by atoms with Crippen molar-refractivity contribution < 1.29 is 19.0 Å². The third kappa shape index (κ3) is 5.06. The normalized spacial score (nSPS) is 21.0. The molecule has 2 unspecified atom stereocenters. The van der Waals surface area contributed by atoms with Crippen molar-refractivity contribution in [3.05, 3.63) is 59.7 Å². The first-order chi connectivity index (χ1) is 14.3. The second kappa shape index (κ2) is 10.7. The van der Waals surface area contributed by atoms with Crippen molar-refractivity contribution >= 4 is 18.3 Å². The van der Waals surface area contributed by atoms with Crippen LogP contribution in [0.3, 0.4) is 0 Å². The van der Waals surface area contributed by atoms with Crippen LogP contribution in [0.2, 0.25) is 0 Å². The van der Waals surface area contributed by atoms with Crippen LogP contribution in [0, 0.1) is 0 Å². The molecule has 6 nitrogen and oxygen atoms in total. The molecule has 2 fully saturated rings. The summed E-state index contributed by atoms with van der Waals surface area (Å²) in [5.74, 6) is 1.59. The van der Waals surface area contributed by atoms with Crippen molar-refractivity contribution in [2.75, 3.05) is 40.0 Å². The van der Waals surface area contributed by atoms with Crippen LogP contribution in [-0.4, -0.2) is 56.9 Å². The van der Waals surface area contributed by atoms with Crippen LogP contribution < -0.4 is 14.8 Å². The quantitative estimate of drug-likeness (QED) is 0.757. The Morgan fingerprint density at radius 1 is 1.20 bits per heavy atom. The molecule has 2 heterocycles. The molecule has 162 valence electrons. The summed E-state index contributed by atoms with van der Waals surface area (Å²) in [6.45, 7) is 3.51. The molecule has 1 N–H and O–H groups in total. The Bertz CT molecular complexity index is 824. The van der Waals surface area contributed by atoms with Gasteiger partial charge in [0, 0.05) is 37.4 Å². The van der Waals surface area contributed by atoms with E-state index in [1.165, 1.54) is 0 Å². The Morgan fingerprint density at radius 2 is 2.00 bits per heavy atom. The number of para-hydroxylation sites is 1. The first-order valence-electron chi connectivity index (χ1n) is 10.3. The van der Waals surface area contributed by atoms with E-state index in [0.29, 0.717) is 25.3 Å². The number of hydrogen-bond acceptors (Lipinski definition) is 5. The molecular weight excluding hydrogens is 404 g/mol. The van der Waals surface area contributed by atoms with Crippen LogP contribution in [0.15, 0.2) is 48.5 Å². The minimum Gasteiger partial charge on any atom is -0.496 e. The van der Waals surface area contributed by atoms with Gasteiger partial charge in [-0.15, -0.1) is 12.4 Å². The van der Waals surface area contributed by atoms with Crippen molar-refractivity contribution in [2.24, 2.45) is 0 Å². The summed E-state index contributed by atoms with van der Waals surface area (Å²) < 4.78 is 16.9. The maximum absolute atomic E-state index is 13.3. The average Bonchev–Trinajstić information content (AvgIpc) is 3.31. The van der Waals surface area contributed by atoms with Crippen LogP contribution in [0.4, 0.5) is 0 Å². The number of methoxy groups -OCH3 is 1. The van der Waals surface area contributed by atoms with Crippen LogP contribution in [-0.2, 0) is 4.74 Å². The van der Waals surface area contributed by atoms with Gasteiger partial charge in [-0.3, -0.25) is 4.79 Å². The maximum Gasteiger partial charge on any atom is 0.254 e. The molecule has 2 atom stereocenters. The zero-order valence-electron chi connectivity index (χ0n) is 17.2. The number of hydrogen-bond donors (Lipinski definition) is 1. The van der Waals surface area contributed by atoms with Gasteiger partial charge in [-0.25, -0.2) is 0 Å². The molecule has 0 spiro atoms. The highest BCUT2D eigenvalue weighted by Gasteiger charge is 2.30. The van der Waals surface area contributed by atoms with Gasteiger partial charge in [-0.1, -0.05) is 18.2 Å². The van der Waals surface area contributed by atoms with E-state index in [1.807, 2.05) is 53.4 Å². The molecule has 2 saturated heterocycles. The molecule has 30 heavy (non-hydrogen) atoms. The Labute approximate surface area is 183 Å². The van der Waals surface area contributed by atoms with E-state index in [-0.39, 0.29) is 30.5 Å². The maximum atomic E-state index is 13.3. The van der Waals surface area contributed by atoms with Crippen molar-refractivity contribution in [2.45, 2.75) is 25.0 Å². The molecule has 0 saturated carbocycles. The van der Waals surface area contributed by atoms with Crippen LogP contribution >= 0.6 is 12.4 Å². The summed E-state index contributed by atoms with van der Waals surface area (Å²) >= 11 is 0. The second-order valence-electron chi connectivity index (χ2n) is 7.43. The number of nitrogens with zero attached hydrogens (tertiary/aromatic N) is 1. The van der Waals surface area contributed by atoms with Crippen LogP contribution in [0.1, 0.15) is 34.8 Å². The number of carbonyl (C=O) groups excluding carboxylic acids is 1. The van der Waals surface area contributed by atoms with E-state index in [0.717, 1.165) is 43.1 Å². The topological polar surface area (TPSA) is 60.0 Å². The van der Waals surface area contributed by atoms with Gasteiger partial charge in [0.25, 0.3) is 5.91 Å². The number of ether oxygens (including phenoxy) is 3. The first kappa shape index (κ1) is 22.4. The van der Waals surface area contributed by atoms with Gasteiger partial charge in [-0.2, -0.15) is 0 Å². The highest BCUT2D eigenvalue weighted by Crippen LogP contribution is 2.31. The van der Waals surface area contributed by atoms with Crippen molar-refractivity contribution in [1.29, 1.82) is 0 Å². The Hall–Kier alpha value is -2.28. The Morgan fingerprint density at radius 3 is 2.73 bits per heavy atom. The van der Waals surface area contributed by atoms with Crippen molar-refractivity contribution in [3.63, 3.8) is 0 Å². The van der Waals surface area contributed by atoms with Gasteiger partial charge in [0.15, 0.2) is 0 Å². The fourth-order valence-electron chi connectivity index (χ4n) is 3.99. The smallest absolute Gasteiger partial charge is 0.254 e. The highest BCUT2D eigenvalue weighted by molar-refractivity contribution is 5.94. The lowest BCUT2D eigenvalue weighted by molar-refractivity contribution is 0.0630. The predicted molar refractivity (Wildman–Crippen MR) is 118 cm³/mol. The molecule has 0 bridgehead atoms. The lowest BCUT2D eigenvalue weighted by Crippen LogP contribution is -2.48. The number of carbonyl (C=O) groups is 1. The predicted octanol–water partition coefficient (Wildman–Crippen LogP) is 3.46. The molecule has 2 aromatic carbocycles. The fourth-order valence-corrected chi connectivity index (χ4v) is 3.99. The van der Waals surface area contributed by atoms with Crippen LogP contribution in [0.5, 0.6) is 11.5 Å². The highest BCUT2D eigenvalue weighted by atomic mass is 35.5. The van der Waals surface area contributed by atoms with Gasteiger partial charge >= 0.3 is 0 Å². The molecule has 2 aliphatic heterocycles. The third-order valence-electron chi connectivity index (χ3n) is 5.56. The van der Waals surface area contributed by atoms with E-state index < -0.39 is 0 Å². The molecule has 2 aliphatic rings. The molecule has 2 aromatic rings. The number of nitrogens with one attached hydrogen (secondary N) is 1. The lowest BCUT2D eigenvalue weighted by Gasteiger charge is -2.37. The van der Waals surface area contributed by atoms with Crippen LogP contribution in [0.25, 0.3) is 0 Å². The molecule has 0 aliphatic carbocycles. The van der Waals surface area contributed by atoms with E-state index in [2.05, 4.69) is 5.32 Å². The molecule has 0 radical (unpaired) electrons. The number of benzene rings is 2. The summed E-state index contributed by atoms with van der Waals surface area (Å²) in [6, 6.07) is 15.2. The van der Waals surface area contributed by atoms with Crippen molar-refractivity contribution in [1.82, 2.24) is 10.2 Å². The minimum atomic E-state index is -0.0668. The number of amides is 1. The molecule has 1 amide bonds. The second-order valence-corrected chi connectivity index (χ2v) is 7.43. The first-order valence-corrected chi connectivity index (χ1v) is 10.3. The van der Waals surface area contributed by atoms with E-state index in [1.54, 1.807) is 7.11 Å². The summed E-state index contributed by atoms with van der Waals surface area (Å²) in [6.07, 6.45) is 2.32. The largest absolute Gasteiger partial charge is 0.496 e. The van der Waals surface area contributed by atoms with Gasteiger partial charge in [0.2, 0.25) is 0 Å². The Kier molecular flexibility index (Phi) is 7.96. The molecule has 0 aromatic heterocycles. The SMILES string of the molecule is COc1ccccc1C1CNCCN1C(=O)c1ccc(OCC2CCCO2)cc1.Cl. The molecule has 4 rings (SSSR count). The summed E-state index contributed by atoms with van der Waals surface area (Å²) in [5, 5.41) is 3.39. The molecule has 7 heteroatoms.